The van der Waals surface area contributed by atoms with Crippen molar-refractivity contribution in [1.82, 2.24) is 15.3 Å². The molecule has 0 unspecified atom stereocenters. The molecule has 3 rings (SSSR count). The highest BCUT2D eigenvalue weighted by molar-refractivity contribution is 7.14. The van der Waals surface area contributed by atoms with Crippen molar-refractivity contribution in [2.24, 2.45) is 0 Å². The summed E-state index contributed by atoms with van der Waals surface area (Å²) in [6.07, 6.45) is 1.67. The third-order valence-corrected chi connectivity index (χ3v) is 4.18. The van der Waals surface area contributed by atoms with Crippen LogP contribution in [0.4, 0.5) is 15.6 Å². The van der Waals surface area contributed by atoms with Crippen molar-refractivity contribution in [3.8, 4) is 0 Å². The van der Waals surface area contributed by atoms with Crippen molar-refractivity contribution in [3.05, 3.63) is 71.0 Å². The monoisotopic (exact) mass is 367 g/mol. The second-order valence-corrected chi connectivity index (χ2v) is 6.34. The van der Waals surface area contributed by atoms with Crippen molar-refractivity contribution in [2.75, 3.05) is 10.6 Å². The molecule has 0 saturated carbocycles. The molecule has 0 bridgehead atoms. The number of nitrogens with zero attached hydrogens (tertiary/aromatic N) is 2. The number of rotatable bonds is 5. The van der Waals surface area contributed by atoms with Gasteiger partial charge in [0.2, 0.25) is 0 Å². The van der Waals surface area contributed by atoms with Crippen LogP contribution in [0.5, 0.6) is 0 Å². The van der Waals surface area contributed by atoms with Gasteiger partial charge in [0.25, 0.3) is 5.91 Å². The topological polar surface area (TPSA) is 96.0 Å². The second kappa shape index (κ2) is 8.21. The molecule has 1 aromatic carbocycles. The average molecular weight is 367 g/mol. The van der Waals surface area contributed by atoms with Crippen LogP contribution in [-0.4, -0.2) is 21.9 Å². The van der Waals surface area contributed by atoms with Gasteiger partial charge in [-0.25, -0.2) is 9.78 Å². The minimum atomic E-state index is -0.413. The van der Waals surface area contributed by atoms with E-state index in [-0.39, 0.29) is 11.6 Å². The van der Waals surface area contributed by atoms with Gasteiger partial charge in [0.15, 0.2) is 5.13 Å². The van der Waals surface area contributed by atoms with Gasteiger partial charge in [-0.2, -0.15) is 0 Å². The first-order chi connectivity index (χ1) is 12.6. The molecule has 0 spiro atoms. The summed E-state index contributed by atoms with van der Waals surface area (Å²) in [5.74, 6) is -0.320. The predicted molar refractivity (Wildman–Crippen MR) is 101 cm³/mol. The number of nitrogens with one attached hydrogen (secondary N) is 3. The molecule has 3 N–H and O–H groups in total. The summed E-state index contributed by atoms with van der Waals surface area (Å²) in [5.41, 5.74) is 2.79. The molecule has 2 aromatic heterocycles. The van der Waals surface area contributed by atoms with Crippen LogP contribution in [0.3, 0.4) is 0 Å². The van der Waals surface area contributed by atoms with Crippen LogP contribution in [-0.2, 0) is 6.54 Å². The SMILES string of the molecule is Cc1ccc(NC(=O)Nc2nc(C(=O)NCc3ccccn3)cs2)cc1. The van der Waals surface area contributed by atoms with Gasteiger partial charge in [-0.15, -0.1) is 11.3 Å². The zero-order valence-electron chi connectivity index (χ0n) is 14.0. The Morgan fingerprint density at radius 2 is 1.88 bits per heavy atom. The number of aromatic nitrogens is 2. The Hall–Kier alpha value is -3.26. The predicted octanol–water partition coefficient (Wildman–Crippen LogP) is 3.42. The first-order valence-electron chi connectivity index (χ1n) is 7.88. The summed E-state index contributed by atoms with van der Waals surface area (Å²) in [7, 11) is 0. The van der Waals surface area contributed by atoms with Crippen LogP contribution in [0.25, 0.3) is 0 Å². The lowest BCUT2D eigenvalue weighted by atomic mass is 10.2. The fourth-order valence-corrected chi connectivity index (χ4v) is 2.78. The molecule has 3 aromatic rings. The van der Waals surface area contributed by atoms with Crippen LogP contribution in [0, 0.1) is 6.92 Å². The maximum Gasteiger partial charge on any atom is 0.325 e. The van der Waals surface area contributed by atoms with E-state index in [1.165, 1.54) is 11.3 Å². The highest BCUT2D eigenvalue weighted by Crippen LogP contribution is 2.16. The average Bonchev–Trinajstić information content (AvgIpc) is 3.11. The number of urea groups is 1. The largest absolute Gasteiger partial charge is 0.345 e. The standard InChI is InChI=1S/C18H17N5O2S/c1-12-5-7-13(8-6-12)21-17(25)23-18-22-15(11-26-18)16(24)20-10-14-4-2-3-9-19-14/h2-9,11H,10H2,1H3,(H,20,24)(H2,21,22,23,25). The van der Waals surface area contributed by atoms with E-state index in [1.807, 2.05) is 49.4 Å². The summed E-state index contributed by atoms with van der Waals surface area (Å²) in [6, 6.07) is 12.5. The van der Waals surface area contributed by atoms with Crippen LogP contribution in [0.1, 0.15) is 21.7 Å². The molecule has 132 valence electrons. The molecule has 0 fully saturated rings. The van der Waals surface area contributed by atoms with Gasteiger partial charge in [-0.05, 0) is 31.2 Å². The number of aryl methyl sites for hydroxylation is 1. The summed E-state index contributed by atoms with van der Waals surface area (Å²) in [4.78, 5) is 32.4. The van der Waals surface area contributed by atoms with Gasteiger partial charge in [-0.1, -0.05) is 23.8 Å². The third-order valence-electron chi connectivity index (χ3n) is 3.42. The minimum absolute atomic E-state index is 0.247. The lowest BCUT2D eigenvalue weighted by Gasteiger charge is -2.05. The summed E-state index contributed by atoms with van der Waals surface area (Å²) in [5, 5.41) is 10.0. The lowest BCUT2D eigenvalue weighted by molar-refractivity contribution is 0.0946. The molecule has 8 heteroatoms. The number of benzene rings is 1. The van der Waals surface area contributed by atoms with Gasteiger partial charge in [0.1, 0.15) is 5.69 Å². The fourth-order valence-electron chi connectivity index (χ4n) is 2.10. The second-order valence-electron chi connectivity index (χ2n) is 5.49. The number of amides is 3. The third kappa shape index (κ3) is 4.87. The molecule has 3 amide bonds. The summed E-state index contributed by atoms with van der Waals surface area (Å²) < 4.78 is 0. The van der Waals surface area contributed by atoms with E-state index in [9.17, 15) is 9.59 Å². The van der Waals surface area contributed by atoms with E-state index in [2.05, 4.69) is 25.9 Å². The Kier molecular flexibility index (Phi) is 5.55. The summed E-state index contributed by atoms with van der Waals surface area (Å²) >= 11 is 1.18. The Balaban J connectivity index is 1.52. The number of hydrogen-bond donors (Lipinski definition) is 3. The molecule has 0 radical (unpaired) electrons. The zero-order valence-corrected chi connectivity index (χ0v) is 14.8. The highest BCUT2D eigenvalue weighted by atomic mass is 32.1. The van der Waals surface area contributed by atoms with Crippen LogP contribution < -0.4 is 16.0 Å². The van der Waals surface area contributed by atoms with Gasteiger partial charge in [0, 0.05) is 17.3 Å². The maximum atomic E-state index is 12.1. The van der Waals surface area contributed by atoms with Gasteiger partial charge < -0.3 is 10.6 Å². The van der Waals surface area contributed by atoms with Crippen LogP contribution >= 0.6 is 11.3 Å². The van der Waals surface area contributed by atoms with Gasteiger partial charge in [0.05, 0.1) is 12.2 Å². The molecule has 7 nitrogen and oxygen atoms in total. The van der Waals surface area contributed by atoms with Gasteiger partial charge in [-0.3, -0.25) is 15.1 Å². The maximum absolute atomic E-state index is 12.1. The highest BCUT2D eigenvalue weighted by Gasteiger charge is 2.12. The van der Waals surface area contributed by atoms with Crippen LogP contribution in [0.15, 0.2) is 54.0 Å². The van der Waals surface area contributed by atoms with Crippen molar-refractivity contribution in [2.45, 2.75) is 13.5 Å². The summed E-state index contributed by atoms with van der Waals surface area (Å²) in [6.45, 7) is 2.29. The number of carbonyl (C=O) groups excluding carboxylic acids is 2. The molecule has 0 atom stereocenters. The number of thiazole rings is 1. The molecule has 0 aliphatic carbocycles. The number of carbonyl (C=O) groups is 2. The Morgan fingerprint density at radius 3 is 2.62 bits per heavy atom. The van der Waals surface area contributed by atoms with Crippen molar-refractivity contribution in [1.29, 1.82) is 0 Å². The minimum Gasteiger partial charge on any atom is -0.345 e. The normalized spacial score (nSPS) is 10.2. The van der Waals surface area contributed by atoms with Crippen molar-refractivity contribution >= 4 is 34.1 Å². The first-order valence-corrected chi connectivity index (χ1v) is 8.76. The Morgan fingerprint density at radius 1 is 1.08 bits per heavy atom. The lowest BCUT2D eigenvalue weighted by Crippen LogP contribution is -2.24. The van der Waals surface area contributed by atoms with E-state index in [1.54, 1.807) is 11.6 Å². The molecule has 2 heterocycles. The number of hydrogen-bond acceptors (Lipinski definition) is 5. The molecule has 0 saturated heterocycles. The van der Waals surface area contributed by atoms with E-state index in [4.69, 9.17) is 0 Å². The number of pyridine rings is 1. The van der Waals surface area contributed by atoms with Gasteiger partial charge >= 0.3 is 6.03 Å². The zero-order chi connectivity index (χ0) is 18.4. The molecule has 26 heavy (non-hydrogen) atoms. The fraction of sp³-hybridized carbons (Fsp3) is 0.111. The first kappa shape index (κ1) is 17.6. The number of anilines is 2. The van der Waals surface area contributed by atoms with E-state index >= 15 is 0 Å². The van der Waals surface area contributed by atoms with Crippen molar-refractivity contribution < 1.29 is 9.59 Å². The Bertz CT molecular complexity index is 893. The van der Waals surface area contributed by atoms with Crippen molar-refractivity contribution in [3.63, 3.8) is 0 Å². The van der Waals surface area contributed by atoms with E-state index in [0.717, 1.165) is 11.3 Å². The smallest absolute Gasteiger partial charge is 0.325 e. The van der Waals surface area contributed by atoms with Crippen LogP contribution in [0.2, 0.25) is 0 Å². The van der Waals surface area contributed by atoms with E-state index in [0.29, 0.717) is 17.4 Å². The quantitative estimate of drug-likeness (QED) is 0.644. The molecular formula is C18H17N5O2S. The van der Waals surface area contributed by atoms with E-state index < -0.39 is 6.03 Å². The molecule has 0 aliphatic heterocycles. The molecular weight excluding hydrogens is 350 g/mol. The molecule has 0 aliphatic rings. The Labute approximate surface area is 154 Å².